The molecule has 0 atom stereocenters. The van der Waals surface area contributed by atoms with Gasteiger partial charge in [0.05, 0.1) is 4.88 Å². The topological polar surface area (TPSA) is 41.9 Å². The quantitative estimate of drug-likeness (QED) is 0.318. The van der Waals surface area contributed by atoms with Crippen LogP contribution in [0.4, 0.5) is 4.39 Å². The highest BCUT2D eigenvalue weighted by Gasteiger charge is 2.17. The normalized spacial score (nSPS) is 14.5. The van der Waals surface area contributed by atoms with E-state index in [2.05, 4.69) is 4.90 Å². The van der Waals surface area contributed by atoms with Crippen LogP contribution in [0.5, 0.6) is 23.0 Å². The van der Waals surface area contributed by atoms with E-state index in [0.717, 1.165) is 32.8 Å². The Hall–Kier alpha value is -3.09. The van der Waals surface area contributed by atoms with Crippen LogP contribution in [0.15, 0.2) is 66.7 Å². The third-order valence-corrected chi connectivity index (χ3v) is 7.09. The Morgan fingerprint density at radius 2 is 1.61 bits per heavy atom. The molecule has 6 heteroatoms. The van der Waals surface area contributed by atoms with Crippen LogP contribution in [-0.2, 0) is 0 Å². The van der Waals surface area contributed by atoms with Gasteiger partial charge in [0.15, 0.2) is 5.75 Å². The number of aromatic hydroxyl groups is 1. The molecule has 0 unspecified atom stereocenters. The third kappa shape index (κ3) is 5.13. The summed E-state index contributed by atoms with van der Waals surface area (Å²) < 4.78 is 26.6. The summed E-state index contributed by atoms with van der Waals surface area (Å²) in [4.78, 5) is 3.34. The zero-order valence-corrected chi connectivity index (χ0v) is 19.1. The predicted octanol–water partition coefficient (Wildman–Crippen LogP) is 7.07. The molecular weight excluding hydrogens is 437 g/mol. The number of ether oxygens (including phenoxy) is 2. The van der Waals surface area contributed by atoms with Crippen LogP contribution < -0.4 is 9.47 Å². The Kier molecular flexibility index (Phi) is 6.46. The lowest BCUT2D eigenvalue weighted by atomic mass is 10.1. The number of phenolic OH excluding ortho intramolecular Hbond substituents is 1. The van der Waals surface area contributed by atoms with Crippen LogP contribution in [0.1, 0.15) is 19.3 Å². The van der Waals surface area contributed by atoms with Crippen molar-refractivity contribution in [2.24, 2.45) is 0 Å². The van der Waals surface area contributed by atoms with E-state index >= 15 is 0 Å². The number of piperidine rings is 1. The maximum absolute atomic E-state index is 13.5. The van der Waals surface area contributed by atoms with Gasteiger partial charge in [0, 0.05) is 16.6 Å². The van der Waals surface area contributed by atoms with Crippen molar-refractivity contribution in [1.82, 2.24) is 4.90 Å². The first-order valence-electron chi connectivity index (χ1n) is 11.3. The van der Waals surface area contributed by atoms with Gasteiger partial charge in [0.25, 0.3) is 0 Å². The second-order valence-electron chi connectivity index (χ2n) is 8.27. The van der Waals surface area contributed by atoms with Gasteiger partial charge in [-0.1, -0.05) is 18.6 Å². The smallest absolute Gasteiger partial charge is 0.153 e. The van der Waals surface area contributed by atoms with E-state index in [-0.39, 0.29) is 11.6 Å². The summed E-state index contributed by atoms with van der Waals surface area (Å²) in [6.07, 6.45) is 3.90. The van der Waals surface area contributed by atoms with Crippen LogP contribution in [0.3, 0.4) is 0 Å². The Morgan fingerprint density at radius 3 is 2.36 bits per heavy atom. The minimum Gasteiger partial charge on any atom is -0.508 e. The van der Waals surface area contributed by atoms with Crippen LogP contribution in [0, 0.1) is 5.82 Å². The molecule has 2 heterocycles. The Balaban J connectivity index is 1.33. The molecule has 0 bridgehead atoms. The van der Waals surface area contributed by atoms with Crippen molar-refractivity contribution in [1.29, 1.82) is 0 Å². The lowest BCUT2D eigenvalue weighted by Gasteiger charge is -2.26. The molecule has 33 heavy (non-hydrogen) atoms. The molecule has 0 aliphatic carbocycles. The average Bonchev–Trinajstić information content (AvgIpc) is 3.18. The molecule has 1 aliphatic rings. The van der Waals surface area contributed by atoms with Crippen molar-refractivity contribution >= 4 is 21.4 Å². The average molecular weight is 464 g/mol. The monoisotopic (exact) mass is 463 g/mol. The zero-order valence-electron chi connectivity index (χ0n) is 18.3. The molecule has 0 radical (unpaired) electrons. The van der Waals surface area contributed by atoms with E-state index in [4.69, 9.17) is 9.47 Å². The lowest BCUT2D eigenvalue weighted by molar-refractivity contribution is 0.183. The summed E-state index contributed by atoms with van der Waals surface area (Å²) in [6.45, 7) is 3.96. The fourth-order valence-corrected chi connectivity index (χ4v) is 5.32. The number of halogens is 1. The molecule has 1 aliphatic heterocycles. The predicted molar refractivity (Wildman–Crippen MR) is 131 cm³/mol. The lowest BCUT2D eigenvalue weighted by Crippen LogP contribution is -2.33. The Bertz CT molecular complexity index is 1210. The number of benzene rings is 3. The largest absolute Gasteiger partial charge is 0.508 e. The first-order valence-corrected chi connectivity index (χ1v) is 12.1. The molecule has 1 saturated heterocycles. The molecule has 0 amide bonds. The molecule has 0 saturated carbocycles. The Labute approximate surface area is 196 Å². The van der Waals surface area contributed by atoms with Crippen LogP contribution in [0.2, 0.25) is 0 Å². The molecular formula is C27H26FNO3S. The van der Waals surface area contributed by atoms with Crippen LogP contribution in [-0.4, -0.2) is 36.2 Å². The first-order chi connectivity index (χ1) is 16.2. The highest BCUT2D eigenvalue weighted by atomic mass is 32.1. The minimum atomic E-state index is -0.282. The maximum atomic E-state index is 13.5. The van der Waals surface area contributed by atoms with Gasteiger partial charge in [-0.05, 0) is 86.1 Å². The number of hydrogen-bond donors (Lipinski definition) is 1. The highest BCUT2D eigenvalue weighted by Crippen LogP contribution is 2.47. The van der Waals surface area contributed by atoms with Gasteiger partial charge >= 0.3 is 0 Å². The maximum Gasteiger partial charge on any atom is 0.153 e. The minimum absolute atomic E-state index is 0.201. The summed E-state index contributed by atoms with van der Waals surface area (Å²) >= 11 is 1.51. The van der Waals surface area contributed by atoms with Crippen LogP contribution in [0.25, 0.3) is 20.5 Å². The van der Waals surface area contributed by atoms with Gasteiger partial charge in [-0.2, -0.15) is 0 Å². The molecule has 0 spiro atoms. The molecule has 4 aromatic rings. The molecule has 5 rings (SSSR count). The van der Waals surface area contributed by atoms with Crippen LogP contribution >= 0.6 is 11.3 Å². The summed E-state index contributed by atoms with van der Waals surface area (Å²) in [6, 6.07) is 19.2. The third-order valence-electron chi connectivity index (χ3n) is 5.90. The second kappa shape index (κ2) is 9.81. The van der Waals surface area contributed by atoms with Gasteiger partial charge in [-0.25, -0.2) is 4.39 Å². The molecule has 1 fully saturated rings. The van der Waals surface area contributed by atoms with Crippen molar-refractivity contribution in [3.05, 3.63) is 72.5 Å². The van der Waals surface area contributed by atoms with Gasteiger partial charge in [0.2, 0.25) is 0 Å². The summed E-state index contributed by atoms with van der Waals surface area (Å²) in [5.41, 5.74) is 0.866. The number of nitrogens with zero attached hydrogens (tertiary/aromatic N) is 1. The standard InChI is InChI=1S/C27H26FNO3S/c28-20-6-4-19(5-7-20)27-26(24-13-8-21(30)18-25(24)33-27)32-23-11-9-22(10-12-23)31-17-16-29-14-2-1-3-15-29/h4-13,18,30H,1-3,14-17H2. The molecule has 1 N–H and O–H groups in total. The summed E-state index contributed by atoms with van der Waals surface area (Å²) in [5, 5.41) is 10.8. The van der Waals surface area contributed by atoms with Crippen molar-refractivity contribution < 1.29 is 19.0 Å². The highest BCUT2D eigenvalue weighted by molar-refractivity contribution is 7.22. The fraction of sp³-hybridized carbons (Fsp3) is 0.259. The van der Waals surface area contributed by atoms with Gasteiger partial charge in [-0.3, -0.25) is 4.90 Å². The van der Waals surface area contributed by atoms with Gasteiger partial charge < -0.3 is 14.6 Å². The number of thiophene rings is 1. The first kappa shape index (κ1) is 21.7. The summed E-state index contributed by atoms with van der Waals surface area (Å²) in [5.74, 6) is 2.12. The SMILES string of the molecule is Oc1ccc2c(Oc3ccc(OCCN4CCCCC4)cc3)c(-c3ccc(F)cc3)sc2c1. The summed E-state index contributed by atoms with van der Waals surface area (Å²) in [7, 11) is 0. The van der Waals surface area contributed by atoms with E-state index in [0.29, 0.717) is 18.1 Å². The number of phenols is 1. The van der Waals surface area contributed by atoms with E-state index in [1.54, 1.807) is 24.3 Å². The Morgan fingerprint density at radius 1 is 0.879 bits per heavy atom. The molecule has 170 valence electrons. The second-order valence-corrected chi connectivity index (χ2v) is 9.32. The van der Waals surface area contributed by atoms with E-state index in [9.17, 15) is 9.50 Å². The van der Waals surface area contributed by atoms with Crippen molar-refractivity contribution in [2.75, 3.05) is 26.2 Å². The number of likely N-dealkylation sites (tertiary alicyclic amines) is 1. The van der Waals surface area contributed by atoms with Gasteiger partial charge in [-0.15, -0.1) is 11.3 Å². The molecule has 1 aromatic heterocycles. The van der Waals surface area contributed by atoms with Crippen molar-refractivity contribution in [2.45, 2.75) is 19.3 Å². The fourth-order valence-electron chi connectivity index (χ4n) is 4.15. The van der Waals surface area contributed by atoms with Gasteiger partial charge in [0.1, 0.15) is 29.7 Å². The zero-order chi connectivity index (χ0) is 22.6. The van der Waals surface area contributed by atoms with E-state index in [1.165, 1.54) is 55.8 Å². The number of fused-ring (bicyclic) bond motifs is 1. The van der Waals surface area contributed by atoms with Crippen molar-refractivity contribution in [3.8, 4) is 33.4 Å². The van der Waals surface area contributed by atoms with E-state index < -0.39 is 0 Å². The molecule has 4 nitrogen and oxygen atoms in total. The number of rotatable bonds is 7. The van der Waals surface area contributed by atoms with Crippen molar-refractivity contribution in [3.63, 3.8) is 0 Å². The molecule has 3 aromatic carbocycles. The van der Waals surface area contributed by atoms with E-state index in [1.807, 2.05) is 30.3 Å². The number of hydrogen-bond acceptors (Lipinski definition) is 5.